The van der Waals surface area contributed by atoms with Gasteiger partial charge >= 0.3 is 0 Å². The van der Waals surface area contributed by atoms with Gasteiger partial charge < -0.3 is 5.11 Å². The van der Waals surface area contributed by atoms with Gasteiger partial charge in [-0.25, -0.2) is 13.1 Å². The molecule has 1 atom stereocenters. The van der Waals surface area contributed by atoms with E-state index < -0.39 is 10.0 Å². The Morgan fingerprint density at radius 1 is 1.19 bits per heavy atom. The van der Waals surface area contributed by atoms with Gasteiger partial charge in [-0.05, 0) is 30.5 Å². The molecule has 5 heteroatoms. The van der Waals surface area contributed by atoms with Crippen LogP contribution in [0.4, 0.5) is 0 Å². The molecule has 116 valence electrons. The van der Waals surface area contributed by atoms with Crippen LogP contribution in [-0.4, -0.2) is 25.9 Å². The van der Waals surface area contributed by atoms with Crippen LogP contribution in [0.3, 0.4) is 0 Å². The van der Waals surface area contributed by atoms with Gasteiger partial charge in [0.25, 0.3) is 0 Å². The van der Waals surface area contributed by atoms with Crippen LogP contribution >= 0.6 is 0 Å². The van der Waals surface area contributed by atoms with Crippen LogP contribution in [0, 0.1) is 17.8 Å². The molecule has 0 fully saturated rings. The van der Waals surface area contributed by atoms with Crippen molar-refractivity contribution in [3.8, 4) is 11.8 Å². The van der Waals surface area contributed by atoms with Crippen LogP contribution in [0.2, 0.25) is 0 Å². The molecule has 0 spiro atoms. The average molecular weight is 309 g/mol. The normalized spacial score (nSPS) is 12.8. The molecule has 1 aromatic carbocycles. The first-order valence-electron chi connectivity index (χ1n) is 7.03. The molecular weight excluding hydrogens is 286 g/mol. The lowest BCUT2D eigenvalue weighted by molar-refractivity contribution is 0.305. The number of aliphatic hydroxyl groups is 1. The van der Waals surface area contributed by atoms with Crippen molar-refractivity contribution in [1.82, 2.24) is 4.72 Å². The second kappa shape index (κ2) is 8.18. The van der Waals surface area contributed by atoms with E-state index in [2.05, 4.69) is 16.6 Å². The number of hydrogen-bond acceptors (Lipinski definition) is 3. The Morgan fingerprint density at radius 2 is 1.81 bits per heavy atom. The molecule has 1 unspecified atom stereocenters. The van der Waals surface area contributed by atoms with Gasteiger partial charge in [0, 0.05) is 18.0 Å². The zero-order valence-electron chi connectivity index (χ0n) is 12.8. The highest BCUT2D eigenvalue weighted by atomic mass is 32.2. The average Bonchev–Trinajstić information content (AvgIpc) is 2.37. The minimum atomic E-state index is -3.26. The maximum atomic E-state index is 11.9. The predicted molar refractivity (Wildman–Crippen MR) is 85.2 cm³/mol. The van der Waals surface area contributed by atoms with Crippen molar-refractivity contribution >= 4 is 10.0 Å². The highest BCUT2D eigenvalue weighted by molar-refractivity contribution is 7.89. The highest BCUT2D eigenvalue weighted by Crippen LogP contribution is 2.15. The summed E-state index contributed by atoms with van der Waals surface area (Å²) in [6.45, 7) is 5.64. The number of rotatable bonds is 6. The fourth-order valence-electron chi connectivity index (χ4n) is 1.90. The molecule has 2 N–H and O–H groups in total. The number of nitrogens with one attached hydrogen (secondary N) is 1. The van der Waals surface area contributed by atoms with E-state index in [1.165, 1.54) is 0 Å². The molecule has 0 saturated carbocycles. The summed E-state index contributed by atoms with van der Waals surface area (Å²) in [5.41, 5.74) is 1.75. The summed E-state index contributed by atoms with van der Waals surface area (Å²) in [7, 11) is -3.26. The minimum Gasteiger partial charge on any atom is -0.395 e. The molecule has 1 aromatic rings. The molecule has 0 aliphatic rings. The van der Waals surface area contributed by atoms with Crippen molar-refractivity contribution in [2.24, 2.45) is 5.92 Å². The zero-order valence-corrected chi connectivity index (χ0v) is 13.6. The summed E-state index contributed by atoms with van der Waals surface area (Å²) in [4.78, 5) is 0. The smallest absolute Gasteiger partial charge is 0.212 e. The summed E-state index contributed by atoms with van der Waals surface area (Å²) in [5.74, 6) is 6.01. The molecule has 0 amide bonds. The maximum Gasteiger partial charge on any atom is 0.212 e. The highest BCUT2D eigenvalue weighted by Gasteiger charge is 2.17. The molecule has 0 saturated heterocycles. The van der Waals surface area contributed by atoms with Crippen LogP contribution in [0.5, 0.6) is 0 Å². The van der Waals surface area contributed by atoms with Gasteiger partial charge in [-0.2, -0.15) is 0 Å². The zero-order chi connectivity index (χ0) is 15.9. The maximum absolute atomic E-state index is 11.9. The SMILES string of the molecule is CC(C)CS(=O)(=O)NC(C)c1ccc(C#CCCO)cc1. The van der Waals surface area contributed by atoms with E-state index in [1.807, 2.05) is 45.0 Å². The van der Waals surface area contributed by atoms with Crippen LogP contribution < -0.4 is 4.72 Å². The van der Waals surface area contributed by atoms with E-state index in [0.29, 0.717) is 6.42 Å². The molecule has 0 aliphatic carbocycles. The van der Waals surface area contributed by atoms with Crippen molar-refractivity contribution in [3.63, 3.8) is 0 Å². The van der Waals surface area contributed by atoms with Crippen LogP contribution in [0.15, 0.2) is 24.3 Å². The number of hydrogen-bond donors (Lipinski definition) is 2. The first-order valence-corrected chi connectivity index (χ1v) is 8.69. The van der Waals surface area contributed by atoms with Crippen molar-refractivity contribution in [1.29, 1.82) is 0 Å². The Morgan fingerprint density at radius 3 is 2.33 bits per heavy atom. The largest absolute Gasteiger partial charge is 0.395 e. The molecule has 0 bridgehead atoms. The van der Waals surface area contributed by atoms with Gasteiger partial charge in [0.2, 0.25) is 10.0 Å². The van der Waals surface area contributed by atoms with Gasteiger partial charge in [-0.3, -0.25) is 0 Å². The van der Waals surface area contributed by atoms with Crippen molar-refractivity contribution in [3.05, 3.63) is 35.4 Å². The topological polar surface area (TPSA) is 66.4 Å². The van der Waals surface area contributed by atoms with Crippen LogP contribution in [-0.2, 0) is 10.0 Å². The lowest BCUT2D eigenvalue weighted by Crippen LogP contribution is -2.30. The van der Waals surface area contributed by atoms with Crippen molar-refractivity contribution < 1.29 is 13.5 Å². The third-order valence-electron chi connectivity index (χ3n) is 2.79. The Hall–Kier alpha value is -1.35. The summed E-state index contributed by atoms with van der Waals surface area (Å²) in [5, 5.41) is 8.66. The lowest BCUT2D eigenvalue weighted by Gasteiger charge is -2.15. The van der Waals surface area contributed by atoms with E-state index in [0.717, 1.165) is 11.1 Å². The van der Waals surface area contributed by atoms with E-state index in [9.17, 15) is 8.42 Å². The lowest BCUT2D eigenvalue weighted by atomic mass is 10.1. The first-order chi connectivity index (χ1) is 9.84. The van der Waals surface area contributed by atoms with Crippen LogP contribution in [0.25, 0.3) is 0 Å². The molecule has 4 nitrogen and oxygen atoms in total. The number of aliphatic hydroxyl groups excluding tert-OH is 1. The first kappa shape index (κ1) is 17.7. The molecular formula is C16H23NO3S. The van der Waals surface area contributed by atoms with Gasteiger partial charge in [0.05, 0.1) is 12.4 Å². The van der Waals surface area contributed by atoms with Gasteiger partial charge in [0.1, 0.15) is 0 Å². The van der Waals surface area contributed by atoms with Gasteiger partial charge in [-0.15, -0.1) is 0 Å². The third kappa shape index (κ3) is 6.76. The fraction of sp³-hybridized carbons (Fsp3) is 0.500. The standard InChI is InChI=1S/C16H23NO3S/c1-13(2)12-21(19,20)17-14(3)16-9-7-15(8-10-16)6-4-5-11-18/h7-10,13-14,17-18H,5,11-12H2,1-3H3. The van der Waals surface area contributed by atoms with Crippen LogP contribution in [0.1, 0.15) is 44.4 Å². The number of sulfonamides is 1. The van der Waals surface area contributed by atoms with Gasteiger partial charge in [0.15, 0.2) is 0 Å². The summed E-state index contributed by atoms with van der Waals surface area (Å²) in [6.07, 6.45) is 0.452. The second-order valence-corrected chi connectivity index (χ2v) is 7.21. The van der Waals surface area contributed by atoms with Gasteiger partial charge in [-0.1, -0.05) is 37.8 Å². The quantitative estimate of drug-likeness (QED) is 0.791. The minimum absolute atomic E-state index is 0.0553. The van der Waals surface area contributed by atoms with E-state index in [1.54, 1.807) is 0 Å². The molecule has 0 radical (unpaired) electrons. The van der Waals surface area contributed by atoms with Crippen molar-refractivity contribution in [2.45, 2.75) is 33.2 Å². The molecule has 0 aromatic heterocycles. The van der Waals surface area contributed by atoms with E-state index >= 15 is 0 Å². The second-order valence-electron chi connectivity index (χ2n) is 5.41. The van der Waals surface area contributed by atoms with E-state index in [-0.39, 0.29) is 24.3 Å². The summed E-state index contributed by atoms with van der Waals surface area (Å²) in [6, 6.07) is 7.17. The Labute approximate surface area is 127 Å². The summed E-state index contributed by atoms with van der Waals surface area (Å²) >= 11 is 0. The molecule has 0 aliphatic heterocycles. The Bertz CT molecular complexity index is 595. The fourth-order valence-corrected chi connectivity index (χ4v) is 3.55. The Kier molecular flexibility index (Phi) is 6.90. The monoisotopic (exact) mass is 309 g/mol. The molecule has 21 heavy (non-hydrogen) atoms. The van der Waals surface area contributed by atoms with E-state index in [4.69, 9.17) is 5.11 Å². The Balaban J connectivity index is 2.72. The third-order valence-corrected chi connectivity index (χ3v) is 4.61. The molecule has 0 heterocycles. The summed E-state index contributed by atoms with van der Waals surface area (Å²) < 4.78 is 26.5. The van der Waals surface area contributed by atoms with Crippen molar-refractivity contribution in [2.75, 3.05) is 12.4 Å². The predicted octanol–water partition coefficient (Wildman–Crippen LogP) is 2.06. The molecule has 1 rings (SSSR count). The number of benzene rings is 1.